The standard InChI is InChI=1S/C19H21FN2O2/c20-14-6-7-15(13-4-5-13)17(11-14)24-19(16-3-1-2-8-22-16)18-12-21-9-10-23-18/h1-3,6-8,11,13,18-19,21H,4-5,9-10,12H2/t18-,19-/m0/s1. The molecular formula is C19H21FN2O2. The maximum Gasteiger partial charge on any atom is 0.168 e. The number of ether oxygens (including phenoxy) is 2. The number of hydrogen-bond acceptors (Lipinski definition) is 4. The Morgan fingerprint density at radius 3 is 2.88 bits per heavy atom. The first-order valence-corrected chi connectivity index (χ1v) is 8.50. The van der Waals surface area contributed by atoms with Crippen LogP contribution >= 0.6 is 0 Å². The van der Waals surface area contributed by atoms with E-state index in [9.17, 15) is 4.39 Å². The van der Waals surface area contributed by atoms with E-state index in [1.807, 2.05) is 24.3 Å². The van der Waals surface area contributed by atoms with Gasteiger partial charge >= 0.3 is 0 Å². The molecule has 2 atom stereocenters. The maximum absolute atomic E-state index is 13.8. The molecule has 2 fully saturated rings. The van der Waals surface area contributed by atoms with Crippen LogP contribution in [0, 0.1) is 5.82 Å². The largest absolute Gasteiger partial charge is 0.481 e. The van der Waals surface area contributed by atoms with E-state index in [0.717, 1.165) is 30.6 Å². The van der Waals surface area contributed by atoms with Crippen molar-refractivity contribution in [2.45, 2.75) is 31.0 Å². The van der Waals surface area contributed by atoms with Gasteiger partial charge in [0.25, 0.3) is 0 Å². The number of aromatic nitrogens is 1. The molecule has 1 aliphatic heterocycles. The molecular weight excluding hydrogens is 307 g/mol. The van der Waals surface area contributed by atoms with E-state index < -0.39 is 0 Å². The molecule has 1 N–H and O–H groups in total. The molecule has 126 valence electrons. The second-order valence-corrected chi connectivity index (χ2v) is 6.36. The average molecular weight is 328 g/mol. The Hall–Kier alpha value is -1.98. The highest BCUT2D eigenvalue weighted by Crippen LogP contribution is 2.45. The topological polar surface area (TPSA) is 43.4 Å². The lowest BCUT2D eigenvalue weighted by Crippen LogP contribution is -2.43. The van der Waals surface area contributed by atoms with E-state index >= 15 is 0 Å². The van der Waals surface area contributed by atoms with Crippen LogP contribution in [0.1, 0.15) is 36.1 Å². The van der Waals surface area contributed by atoms with Gasteiger partial charge in [0.2, 0.25) is 0 Å². The van der Waals surface area contributed by atoms with Crippen molar-refractivity contribution in [2.24, 2.45) is 0 Å². The van der Waals surface area contributed by atoms with E-state index in [4.69, 9.17) is 9.47 Å². The van der Waals surface area contributed by atoms with Crippen LogP contribution in [0.2, 0.25) is 0 Å². The highest BCUT2D eigenvalue weighted by atomic mass is 19.1. The Morgan fingerprint density at radius 1 is 1.25 bits per heavy atom. The van der Waals surface area contributed by atoms with Gasteiger partial charge in [0, 0.05) is 25.4 Å². The Balaban J connectivity index is 1.65. The van der Waals surface area contributed by atoms with Gasteiger partial charge in [-0.05, 0) is 42.5 Å². The molecule has 2 aromatic rings. The van der Waals surface area contributed by atoms with Crippen molar-refractivity contribution in [3.8, 4) is 5.75 Å². The molecule has 2 heterocycles. The van der Waals surface area contributed by atoms with Crippen molar-refractivity contribution in [1.29, 1.82) is 0 Å². The summed E-state index contributed by atoms with van der Waals surface area (Å²) < 4.78 is 26.0. The number of morpholine rings is 1. The molecule has 4 nitrogen and oxygen atoms in total. The van der Waals surface area contributed by atoms with Crippen LogP contribution in [-0.4, -0.2) is 30.8 Å². The van der Waals surface area contributed by atoms with Gasteiger partial charge in [-0.15, -0.1) is 0 Å². The third kappa shape index (κ3) is 3.42. The summed E-state index contributed by atoms with van der Waals surface area (Å²) in [5, 5.41) is 3.33. The summed E-state index contributed by atoms with van der Waals surface area (Å²) in [5.41, 5.74) is 1.89. The number of nitrogens with zero attached hydrogens (tertiary/aromatic N) is 1. The monoisotopic (exact) mass is 328 g/mol. The molecule has 2 aliphatic rings. The number of halogens is 1. The van der Waals surface area contributed by atoms with Gasteiger partial charge in [-0.1, -0.05) is 12.1 Å². The lowest BCUT2D eigenvalue weighted by molar-refractivity contribution is -0.0450. The highest BCUT2D eigenvalue weighted by Gasteiger charge is 2.32. The predicted octanol–water partition coefficient (Wildman–Crippen LogP) is 3.21. The molecule has 1 saturated carbocycles. The fraction of sp³-hybridized carbons (Fsp3) is 0.421. The van der Waals surface area contributed by atoms with E-state index in [0.29, 0.717) is 24.8 Å². The minimum absolute atomic E-state index is 0.149. The number of hydrogen-bond donors (Lipinski definition) is 1. The second-order valence-electron chi connectivity index (χ2n) is 6.36. The normalized spacial score (nSPS) is 22.1. The van der Waals surface area contributed by atoms with Crippen LogP contribution in [-0.2, 0) is 4.74 Å². The van der Waals surface area contributed by atoms with Crippen molar-refractivity contribution in [3.63, 3.8) is 0 Å². The van der Waals surface area contributed by atoms with Crippen LogP contribution in [0.4, 0.5) is 4.39 Å². The smallest absolute Gasteiger partial charge is 0.168 e. The molecule has 1 aliphatic carbocycles. The van der Waals surface area contributed by atoms with Crippen molar-refractivity contribution in [1.82, 2.24) is 10.3 Å². The summed E-state index contributed by atoms with van der Waals surface area (Å²) in [6, 6.07) is 10.6. The van der Waals surface area contributed by atoms with Gasteiger partial charge in [0.05, 0.1) is 12.3 Å². The summed E-state index contributed by atoms with van der Waals surface area (Å²) in [6.07, 6.45) is 3.51. The van der Waals surface area contributed by atoms with E-state index in [-0.39, 0.29) is 18.0 Å². The first-order valence-electron chi connectivity index (χ1n) is 8.50. The van der Waals surface area contributed by atoms with Crippen LogP contribution < -0.4 is 10.1 Å². The summed E-state index contributed by atoms with van der Waals surface area (Å²) in [4.78, 5) is 4.44. The van der Waals surface area contributed by atoms with Crippen LogP contribution in [0.3, 0.4) is 0 Å². The van der Waals surface area contributed by atoms with Gasteiger partial charge < -0.3 is 14.8 Å². The fourth-order valence-electron chi connectivity index (χ4n) is 3.13. The van der Waals surface area contributed by atoms with Crippen molar-refractivity contribution < 1.29 is 13.9 Å². The molecule has 0 spiro atoms. The molecule has 0 bridgehead atoms. The number of nitrogens with one attached hydrogen (secondary N) is 1. The highest BCUT2D eigenvalue weighted by molar-refractivity contribution is 5.39. The minimum Gasteiger partial charge on any atom is -0.481 e. The molecule has 0 amide bonds. The molecule has 5 heteroatoms. The molecule has 24 heavy (non-hydrogen) atoms. The van der Waals surface area contributed by atoms with Crippen molar-refractivity contribution in [2.75, 3.05) is 19.7 Å². The van der Waals surface area contributed by atoms with Gasteiger partial charge in [-0.25, -0.2) is 4.39 Å². The minimum atomic E-state index is -0.363. The van der Waals surface area contributed by atoms with Crippen LogP contribution in [0.15, 0.2) is 42.6 Å². The van der Waals surface area contributed by atoms with Gasteiger partial charge in [0.15, 0.2) is 6.10 Å². The number of rotatable bonds is 5. The van der Waals surface area contributed by atoms with E-state index in [1.54, 1.807) is 6.20 Å². The van der Waals surface area contributed by atoms with Gasteiger partial charge in [-0.3, -0.25) is 4.98 Å². The lowest BCUT2D eigenvalue weighted by atomic mass is 10.1. The zero-order chi connectivity index (χ0) is 16.4. The predicted molar refractivity (Wildman–Crippen MR) is 88.6 cm³/mol. The first kappa shape index (κ1) is 15.5. The average Bonchev–Trinajstić information content (AvgIpc) is 3.46. The summed E-state index contributed by atoms with van der Waals surface area (Å²) in [5.74, 6) is 0.814. The molecule has 0 unspecified atom stereocenters. The maximum atomic E-state index is 13.8. The summed E-state index contributed by atoms with van der Waals surface area (Å²) in [7, 11) is 0. The zero-order valence-electron chi connectivity index (χ0n) is 13.5. The second kappa shape index (κ2) is 6.87. The molecule has 1 saturated heterocycles. The molecule has 1 aromatic heterocycles. The van der Waals surface area contributed by atoms with Gasteiger partial charge in [-0.2, -0.15) is 0 Å². The molecule has 1 aromatic carbocycles. The zero-order valence-corrected chi connectivity index (χ0v) is 13.5. The van der Waals surface area contributed by atoms with Crippen molar-refractivity contribution >= 4 is 0 Å². The molecule has 0 radical (unpaired) electrons. The van der Waals surface area contributed by atoms with Crippen LogP contribution in [0.25, 0.3) is 0 Å². The summed E-state index contributed by atoms with van der Waals surface area (Å²) >= 11 is 0. The first-order chi connectivity index (χ1) is 11.8. The fourth-order valence-corrected chi connectivity index (χ4v) is 3.13. The number of pyridine rings is 1. The molecule has 4 rings (SSSR count). The Labute approximate surface area is 141 Å². The Morgan fingerprint density at radius 2 is 2.17 bits per heavy atom. The third-order valence-electron chi connectivity index (χ3n) is 4.52. The van der Waals surface area contributed by atoms with Crippen molar-refractivity contribution in [3.05, 3.63) is 59.7 Å². The van der Waals surface area contributed by atoms with E-state index in [1.165, 1.54) is 12.1 Å². The quantitative estimate of drug-likeness (QED) is 0.915. The summed E-state index contributed by atoms with van der Waals surface area (Å²) in [6.45, 7) is 2.16. The van der Waals surface area contributed by atoms with Crippen LogP contribution in [0.5, 0.6) is 5.75 Å². The Bertz CT molecular complexity index is 685. The lowest BCUT2D eigenvalue weighted by Gasteiger charge is -2.31. The van der Waals surface area contributed by atoms with E-state index in [2.05, 4.69) is 10.3 Å². The van der Waals surface area contributed by atoms with Gasteiger partial charge in [0.1, 0.15) is 17.7 Å². The SMILES string of the molecule is Fc1ccc(C2CC2)c(O[C@@H](c2ccccn2)[C@@H]2CNCCO2)c1. The Kier molecular flexibility index (Phi) is 4.45. The number of benzene rings is 1. The third-order valence-corrected chi connectivity index (χ3v) is 4.52.